The Morgan fingerprint density at radius 1 is 1.26 bits per heavy atom. The summed E-state index contributed by atoms with van der Waals surface area (Å²) in [7, 11) is 1.55. The van der Waals surface area contributed by atoms with Crippen LogP contribution < -0.4 is 10.3 Å². The number of aryl methyl sites for hydroxylation is 1. The molecule has 1 aromatic carbocycles. The molecule has 1 aliphatic heterocycles. The molecule has 0 spiro atoms. The molecule has 5 nitrogen and oxygen atoms in total. The lowest BCUT2D eigenvalue weighted by Crippen LogP contribution is -2.31. The fraction of sp³-hybridized carbons (Fsp3) is 0.294. The van der Waals surface area contributed by atoms with Crippen LogP contribution >= 0.6 is 11.8 Å². The smallest absolute Gasteiger partial charge is 0.339 e. The molecule has 0 unspecified atom stereocenters. The Bertz CT molecular complexity index is 795. The first-order valence-electron chi connectivity index (χ1n) is 7.25. The van der Waals surface area contributed by atoms with E-state index in [1.54, 1.807) is 24.9 Å². The van der Waals surface area contributed by atoms with E-state index in [0.29, 0.717) is 17.0 Å². The van der Waals surface area contributed by atoms with Crippen molar-refractivity contribution in [1.29, 1.82) is 0 Å². The van der Waals surface area contributed by atoms with Gasteiger partial charge in [-0.05, 0) is 30.7 Å². The molecule has 0 bridgehead atoms. The monoisotopic (exact) mass is 331 g/mol. The van der Waals surface area contributed by atoms with Gasteiger partial charge in [-0.2, -0.15) is 11.8 Å². The third-order valence-electron chi connectivity index (χ3n) is 3.62. The number of rotatable bonds is 4. The summed E-state index contributed by atoms with van der Waals surface area (Å²) in [6.07, 6.45) is 1.48. The number of carbonyl (C=O) groups excluding carboxylic acids is 1. The molecule has 23 heavy (non-hydrogen) atoms. The van der Waals surface area contributed by atoms with Crippen molar-refractivity contribution in [3.63, 3.8) is 0 Å². The predicted molar refractivity (Wildman–Crippen MR) is 89.9 cm³/mol. The van der Waals surface area contributed by atoms with Gasteiger partial charge in [-0.15, -0.1) is 0 Å². The van der Waals surface area contributed by atoms with Crippen LogP contribution in [0.1, 0.15) is 15.9 Å². The van der Waals surface area contributed by atoms with Crippen LogP contribution in [0.5, 0.6) is 5.75 Å². The Morgan fingerprint density at radius 2 is 2.04 bits per heavy atom. The summed E-state index contributed by atoms with van der Waals surface area (Å²) in [5, 5.41) is 0. The highest BCUT2D eigenvalue weighted by molar-refractivity contribution is 8.00. The van der Waals surface area contributed by atoms with Gasteiger partial charge >= 0.3 is 5.97 Å². The van der Waals surface area contributed by atoms with E-state index >= 15 is 0 Å². The molecule has 1 saturated heterocycles. The topological polar surface area (TPSA) is 57.5 Å². The largest absolute Gasteiger partial charge is 0.495 e. The van der Waals surface area contributed by atoms with Gasteiger partial charge in [0.2, 0.25) is 0 Å². The molecule has 6 heteroatoms. The van der Waals surface area contributed by atoms with Crippen molar-refractivity contribution in [2.24, 2.45) is 0 Å². The molecule has 2 heterocycles. The van der Waals surface area contributed by atoms with Crippen molar-refractivity contribution >= 4 is 17.7 Å². The third-order valence-corrected chi connectivity index (χ3v) is 4.84. The van der Waals surface area contributed by atoms with Crippen molar-refractivity contribution < 1.29 is 14.3 Å². The number of hydrogen-bond acceptors (Lipinski definition) is 5. The van der Waals surface area contributed by atoms with Gasteiger partial charge in [0, 0.05) is 23.8 Å². The number of esters is 1. The van der Waals surface area contributed by atoms with Crippen LogP contribution in [0.15, 0.2) is 41.3 Å². The zero-order chi connectivity index (χ0) is 16.4. The molecular weight excluding hydrogens is 314 g/mol. The molecule has 1 aromatic heterocycles. The highest BCUT2D eigenvalue weighted by Gasteiger charge is 2.23. The van der Waals surface area contributed by atoms with Crippen LogP contribution in [0.25, 0.3) is 5.69 Å². The molecule has 0 atom stereocenters. The number of carbonyl (C=O) groups is 1. The van der Waals surface area contributed by atoms with Gasteiger partial charge < -0.3 is 9.47 Å². The van der Waals surface area contributed by atoms with Crippen LogP contribution in [-0.2, 0) is 4.74 Å². The van der Waals surface area contributed by atoms with Gasteiger partial charge in [0.25, 0.3) is 5.56 Å². The van der Waals surface area contributed by atoms with Gasteiger partial charge in [0.1, 0.15) is 11.9 Å². The molecule has 1 aliphatic rings. The Balaban J connectivity index is 1.99. The lowest BCUT2D eigenvalue weighted by molar-refractivity contribution is 0.0374. The first kappa shape index (κ1) is 15.7. The van der Waals surface area contributed by atoms with Crippen molar-refractivity contribution in [3.8, 4) is 11.4 Å². The van der Waals surface area contributed by atoms with E-state index in [-0.39, 0.29) is 11.7 Å². The molecule has 0 N–H and O–H groups in total. The zero-order valence-corrected chi connectivity index (χ0v) is 13.8. The summed E-state index contributed by atoms with van der Waals surface area (Å²) in [4.78, 5) is 24.4. The van der Waals surface area contributed by atoms with Crippen LogP contribution in [0, 0.1) is 6.92 Å². The molecule has 0 saturated carbocycles. The lowest BCUT2D eigenvalue weighted by atomic mass is 10.2. The van der Waals surface area contributed by atoms with E-state index in [9.17, 15) is 9.59 Å². The summed E-state index contributed by atoms with van der Waals surface area (Å²) in [6.45, 7) is 1.93. The maximum Gasteiger partial charge on any atom is 0.339 e. The van der Waals surface area contributed by atoms with E-state index in [1.807, 2.05) is 19.1 Å². The summed E-state index contributed by atoms with van der Waals surface area (Å²) < 4.78 is 12.1. The number of ether oxygens (including phenoxy) is 2. The molecule has 3 rings (SSSR count). The van der Waals surface area contributed by atoms with Gasteiger partial charge in [-0.25, -0.2) is 4.79 Å². The number of methoxy groups -OCH3 is 1. The van der Waals surface area contributed by atoms with E-state index in [1.165, 1.54) is 22.9 Å². The number of pyridine rings is 1. The Kier molecular flexibility index (Phi) is 4.43. The first-order valence-corrected chi connectivity index (χ1v) is 8.40. The molecule has 0 amide bonds. The van der Waals surface area contributed by atoms with Crippen molar-refractivity contribution in [2.75, 3.05) is 18.6 Å². The van der Waals surface area contributed by atoms with Crippen LogP contribution in [0.2, 0.25) is 0 Å². The minimum atomic E-state index is -0.407. The standard InChI is InChI=1S/C17H17NO4S/c1-11-3-5-15(21-2)14(7-11)18-8-12(4-6-16(18)19)17(20)22-13-9-23-10-13/h3-8,13H,9-10H2,1-2H3. The summed E-state index contributed by atoms with van der Waals surface area (Å²) >= 11 is 1.74. The summed E-state index contributed by atoms with van der Waals surface area (Å²) in [5.41, 5.74) is 1.72. The van der Waals surface area contributed by atoms with Gasteiger partial charge in [-0.1, -0.05) is 6.07 Å². The highest BCUT2D eigenvalue weighted by Crippen LogP contribution is 2.24. The molecule has 0 radical (unpaired) electrons. The van der Waals surface area contributed by atoms with Gasteiger partial charge in [0.15, 0.2) is 0 Å². The van der Waals surface area contributed by atoms with Crippen molar-refractivity contribution in [3.05, 3.63) is 58.0 Å². The minimum absolute atomic E-state index is 0.0265. The van der Waals surface area contributed by atoms with E-state index in [4.69, 9.17) is 9.47 Å². The van der Waals surface area contributed by atoms with Gasteiger partial charge in [-0.3, -0.25) is 9.36 Å². The normalized spacial score (nSPS) is 14.2. The maximum atomic E-state index is 12.2. The predicted octanol–water partition coefficient (Wildman–Crippen LogP) is 2.43. The molecule has 120 valence electrons. The second kappa shape index (κ2) is 6.50. The van der Waals surface area contributed by atoms with Gasteiger partial charge in [0.05, 0.1) is 18.4 Å². The minimum Gasteiger partial charge on any atom is -0.495 e. The molecule has 2 aromatic rings. The Hall–Kier alpha value is -2.21. The lowest BCUT2D eigenvalue weighted by Gasteiger charge is -2.24. The Labute approximate surface area is 138 Å². The maximum absolute atomic E-state index is 12.2. The van der Waals surface area contributed by atoms with Crippen LogP contribution in [0.3, 0.4) is 0 Å². The second-order valence-electron chi connectivity index (χ2n) is 5.37. The summed E-state index contributed by atoms with van der Waals surface area (Å²) in [6, 6.07) is 8.41. The second-order valence-corrected chi connectivity index (χ2v) is 6.44. The number of aromatic nitrogens is 1. The van der Waals surface area contributed by atoms with E-state index in [2.05, 4.69) is 0 Å². The molecule has 1 fully saturated rings. The van der Waals surface area contributed by atoms with Crippen molar-refractivity contribution in [2.45, 2.75) is 13.0 Å². The fourth-order valence-corrected chi connectivity index (χ4v) is 2.85. The fourth-order valence-electron chi connectivity index (χ4n) is 2.29. The number of nitrogens with zero attached hydrogens (tertiary/aromatic N) is 1. The SMILES string of the molecule is COc1ccc(C)cc1-n1cc(C(=O)OC2CSC2)ccc1=O. The zero-order valence-electron chi connectivity index (χ0n) is 12.9. The number of hydrogen-bond donors (Lipinski definition) is 0. The van der Waals surface area contributed by atoms with E-state index in [0.717, 1.165) is 17.1 Å². The quantitative estimate of drug-likeness (QED) is 0.806. The van der Waals surface area contributed by atoms with Crippen LogP contribution in [-0.4, -0.2) is 35.3 Å². The summed E-state index contributed by atoms with van der Waals surface area (Å²) in [5.74, 6) is 1.82. The average Bonchev–Trinajstić information content (AvgIpc) is 2.51. The van der Waals surface area contributed by atoms with Crippen LogP contribution in [0.4, 0.5) is 0 Å². The average molecular weight is 331 g/mol. The van der Waals surface area contributed by atoms with E-state index < -0.39 is 5.97 Å². The number of thioether (sulfide) groups is 1. The van der Waals surface area contributed by atoms with Crippen molar-refractivity contribution in [1.82, 2.24) is 4.57 Å². The third kappa shape index (κ3) is 3.27. The molecule has 0 aliphatic carbocycles. The molecular formula is C17H17NO4S. The first-order chi connectivity index (χ1) is 11.1. The Morgan fingerprint density at radius 3 is 2.70 bits per heavy atom. The number of benzene rings is 1. The highest BCUT2D eigenvalue weighted by atomic mass is 32.2.